The standard InChI is InChI=1S/C9H12N2O3/c1-13-8-5-3-4-6(12)7(5)10-9(11-8)14-2/h6,12H,3-4H2,1-2H3. The Balaban J connectivity index is 2.52. The molecule has 76 valence electrons. The highest BCUT2D eigenvalue weighted by molar-refractivity contribution is 5.37. The van der Waals surface area contributed by atoms with Crippen molar-refractivity contribution >= 4 is 0 Å². The van der Waals surface area contributed by atoms with E-state index in [1.165, 1.54) is 7.11 Å². The zero-order chi connectivity index (χ0) is 10.1. The number of nitrogens with zero attached hydrogens (tertiary/aromatic N) is 2. The summed E-state index contributed by atoms with van der Waals surface area (Å²) in [6.07, 6.45) is 0.910. The van der Waals surface area contributed by atoms with Crippen molar-refractivity contribution in [2.45, 2.75) is 18.9 Å². The van der Waals surface area contributed by atoms with Crippen LogP contribution in [0.4, 0.5) is 0 Å². The molecule has 0 bridgehead atoms. The summed E-state index contributed by atoms with van der Waals surface area (Å²) in [6.45, 7) is 0. The third-order valence-electron chi connectivity index (χ3n) is 2.34. The minimum Gasteiger partial charge on any atom is -0.481 e. The molecule has 1 heterocycles. The van der Waals surface area contributed by atoms with Crippen molar-refractivity contribution in [3.63, 3.8) is 0 Å². The summed E-state index contributed by atoms with van der Waals surface area (Å²) in [5.74, 6) is 0.503. The molecule has 2 rings (SSSR count). The summed E-state index contributed by atoms with van der Waals surface area (Å²) in [4.78, 5) is 8.15. The average molecular weight is 196 g/mol. The maximum absolute atomic E-state index is 9.62. The van der Waals surface area contributed by atoms with Crippen molar-refractivity contribution in [2.24, 2.45) is 0 Å². The predicted molar refractivity (Wildman–Crippen MR) is 48.4 cm³/mol. The van der Waals surface area contributed by atoms with Gasteiger partial charge in [0.05, 0.1) is 26.0 Å². The van der Waals surface area contributed by atoms with E-state index in [9.17, 15) is 5.11 Å². The lowest BCUT2D eigenvalue weighted by atomic mass is 10.2. The summed E-state index contributed by atoms with van der Waals surface area (Å²) in [6, 6.07) is 0.238. The molecular formula is C9H12N2O3. The molecule has 0 amide bonds. The number of aromatic nitrogens is 2. The van der Waals surface area contributed by atoms with Crippen LogP contribution >= 0.6 is 0 Å². The first-order valence-electron chi connectivity index (χ1n) is 4.43. The quantitative estimate of drug-likeness (QED) is 0.745. The van der Waals surface area contributed by atoms with Gasteiger partial charge in [0.15, 0.2) is 0 Å². The molecular weight excluding hydrogens is 184 g/mol. The molecule has 0 saturated carbocycles. The van der Waals surface area contributed by atoms with Crippen molar-refractivity contribution in [3.05, 3.63) is 11.3 Å². The molecule has 0 fully saturated rings. The van der Waals surface area contributed by atoms with Crippen LogP contribution in [0.25, 0.3) is 0 Å². The molecule has 1 unspecified atom stereocenters. The number of aliphatic hydroxyl groups is 1. The third-order valence-corrected chi connectivity index (χ3v) is 2.34. The smallest absolute Gasteiger partial charge is 0.319 e. The van der Waals surface area contributed by atoms with E-state index < -0.39 is 6.10 Å². The molecule has 0 radical (unpaired) electrons. The van der Waals surface area contributed by atoms with Gasteiger partial charge in [-0.05, 0) is 12.8 Å². The first-order valence-corrected chi connectivity index (χ1v) is 4.43. The second-order valence-corrected chi connectivity index (χ2v) is 3.14. The Hall–Kier alpha value is -1.36. The maximum atomic E-state index is 9.62. The van der Waals surface area contributed by atoms with Gasteiger partial charge in [0.1, 0.15) is 0 Å². The van der Waals surface area contributed by atoms with Gasteiger partial charge in [-0.25, -0.2) is 0 Å². The summed E-state index contributed by atoms with van der Waals surface area (Å²) >= 11 is 0. The number of hydrogen-bond donors (Lipinski definition) is 1. The van der Waals surface area contributed by atoms with Crippen molar-refractivity contribution in [3.8, 4) is 11.9 Å². The minimum absolute atomic E-state index is 0.238. The molecule has 0 saturated heterocycles. The van der Waals surface area contributed by atoms with E-state index in [2.05, 4.69) is 9.97 Å². The number of methoxy groups -OCH3 is 2. The predicted octanol–water partition coefficient (Wildman–Crippen LogP) is 0.473. The van der Waals surface area contributed by atoms with Gasteiger partial charge in [0.2, 0.25) is 5.88 Å². The largest absolute Gasteiger partial charge is 0.481 e. The highest BCUT2D eigenvalue weighted by atomic mass is 16.5. The summed E-state index contributed by atoms with van der Waals surface area (Å²) in [7, 11) is 3.04. The van der Waals surface area contributed by atoms with E-state index in [4.69, 9.17) is 9.47 Å². The van der Waals surface area contributed by atoms with E-state index in [0.717, 1.165) is 12.0 Å². The van der Waals surface area contributed by atoms with Gasteiger partial charge in [0.25, 0.3) is 0 Å². The van der Waals surface area contributed by atoms with Crippen LogP contribution in [0.15, 0.2) is 0 Å². The third kappa shape index (κ3) is 1.29. The van der Waals surface area contributed by atoms with Gasteiger partial charge in [-0.1, -0.05) is 0 Å². The van der Waals surface area contributed by atoms with Crippen molar-refractivity contribution < 1.29 is 14.6 Å². The number of ether oxygens (including phenoxy) is 2. The monoisotopic (exact) mass is 196 g/mol. The van der Waals surface area contributed by atoms with Crippen LogP contribution in [0, 0.1) is 0 Å². The molecule has 1 aromatic heterocycles. The summed E-state index contributed by atoms with van der Waals surface area (Å²) < 4.78 is 10.0. The highest BCUT2D eigenvalue weighted by Crippen LogP contribution is 2.35. The van der Waals surface area contributed by atoms with E-state index >= 15 is 0 Å². The van der Waals surface area contributed by atoms with Gasteiger partial charge in [-0.2, -0.15) is 9.97 Å². The Morgan fingerprint density at radius 3 is 2.71 bits per heavy atom. The lowest BCUT2D eigenvalue weighted by Gasteiger charge is -2.08. The summed E-state index contributed by atoms with van der Waals surface area (Å²) in [5, 5.41) is 9.62. The van der Waals surface area contributed by atoms with Crippen LogP contribution in [0.3, 0.4) is 0 Å². The van der Waals surface area contributed by atoms with Crippen molar-refractivity contribution in [2.75, 3.05) is 14.2 Å². The van der Waals surface area contributed by atoms with Crippen LogP contribution in [0.5, 0.6) is 11.9 Å². The molecule has 1 aromatic rings. The van der Waals surface area contributed by atoms with E-state index in [-0.39, 0.29) is 6.01 Å². The van der Waals surface area contributed by atoms with Gasteiger partial charge in [0, 0.05) is 5.56 Å². The van der Waals surface area contributed by atoms with Crippen LogP contribution in [-0.4, -0.2) is 29.3 Å². The van der Waals surface area contributed by atoms with Gasteiger partial charge >= 0.3 is 6.01 Å². The normalized spacial score (nSPS) is 19.2. The van der Waals surface area contributed by atoms with E-state index in [1.807, 2.05) is 0 Å². The fraction of sp³-hybridized carbons (Fsp3) is 0.556. The lowest BCUT2D eigenvalue weighted by molar-refractivity contribution is 0.174. The molecule has 1 atom stereocenters. The van der Waals surface area contributed by atoms with Crippen molar-refractivity contribution in [1.82, 2.24) is 9.97 Å². The van der Waals surface area contributed by atoms with Gasteiger partial charge in [-0.15, -0.1) is 0 Å². The fourth-order valence-electron chi connectivity index (χ4n) is 1.65. The zero-order valence-electron chi connectivity index (χ0n) is 8.15. The Morgan fingerprint density at radius 1 is 1.29 bits per heavy atom. The molecule has 0 spiro atoms. The lowest BCUT2D eigenvalue weighted by Crippen LogP contribution is -2.03. The van der Waals surface area contributed by atoms with Crippen LogP contribution in [0.1, 0.15) is 23.8 Å². The first kappa shape index (κ1) is 9.21. The second-order valence-electron chi connectivity index (χ2n) is 3.14. The SMILES string of the molecule is COc1nc(OC)c2c(n1)C(O)CC2. The average Bonchev–Trinajstić information content (AvgIpc) is 2.59. The molecule has 5 heteroatoms. The van der Waals surface area contributed by atoms with Crippen LogP contribution in [-0.2, 0) is 6.42 Å². The number of aliphatic hydroxyl groups excluding tert-OH is 1. The molecule has 0 aliphatic heterocycles. The molecule has 5 nitrogen and oxygen atoms in total. The number of fused-ring (bicyclic) bond motifs is 1. The highest BCUT2D eigenvalue weighted by Gasteiger charge is 2.27. The Kier molecular flexibility index (Phi) is 2.25. The van der Waals surface area contributed by atoms with Crippen LogP contribution in [0.2, 0.25) is 0 Å². The molecule has 1 aliphatic carbocycles. The van der Waals surface area contributed by atoms with Crippen LogP contribution < -0.4 is 9.47 Å². The Labute approximate surface area is 81.7 Å². The maximum Gasteiger partial charge on any atom is 0.319 e. The molecule has 0 aromatic carbocycles. The molecule has 1 aliphatic rings. The minimum atomic E-state index is -0.518. The fourth-order valence-corrected chi connectivity index (χ4v) is 1.65. The van der Waals surface area contributed by atoms with Crippen molar-refractivity contribution in [1.29, 1.82) is 0 Å². The Morgan fingerprint density at radius 2 is 2.07 bits per heavy atom. The van der Waals surface area contributed by atoms with Gasteiger partial charge in [-0.3, -0.25) is 0 Å². The topological polar surface area (TPSA) is 64.5 Å². The number of hydrogen-bond acceptors (Lipinski definition) is 5. The molecule has 1 N–H and O–H groups in total. The van der Waals surface area contributed by atoms with E-state index in [1.54, 1.807) is 7.11 Å². The van der Waals surface area contributed by atoms with E-state index in [0.29, 0.717) is 18.0 Å². The second kappa shape index (κ2) is 3.42. The zero-order valence-corrected chi connectivity index (χ0v) is 8.15. The van der Waals surface area contributed by atoms with Gasteiger partial charge < -0.3 is 14.6 Å². The Bertz CT molecular complexity index is 354. The number of rotatable bonds is 2. The summed E-state index contributed by atoms with van der Waals surface area (Å²) in [5.41, 5.74) is 1.52. The molecule has 14 heavy (non-hydrogen) atoms. The first-order chi connectivity index (χ1) is 6.76.